The lowest BCUT2D eigenvalue weighted by molar-refractivity contribution is -0.147. The molecule has 4 nitrogen and oxygen atoms in total. The Kier molecular flexibility index (Phi) is 3.50. The highest BCUT2D eigenvalue weighted by molar-refractivity contribution is 5.87. The molecule has 15 heavy (non-hydrogen) atoms. The molecule has 1 fully saturated rings. The van der Waals surface area contributed by atoms with Gasteiger partial charge in [0.25, 0.3) is 0 Å². The molecule has 0 radical (unpaired) electrons. The number of carbonyl (C=O) groups is 2. The zero-order valence-electron chi connectivity index (χ0n) is 8.95. The number of rotatable bonds is 6. The van der Waals surface area contributed by atoms with Crippen molar-refractivity contribution in [3.63, 3.8) is 0 Å². The number of aliphatic carboxylic acids is 1. The molecule has 0 unspecified atom stereocenters. The first-order valence-electron chi connectivity index (χ1n) is 5.16. The highest BCUT2D eigenvalue weighted by atomic mass is 16.4. The molecule has 0 heterocycles. The average molecular weight is 211 g/mol. The topological polar surface area (TPSA) is 66.4 Å². The van der Waals surface area contributed by atoms with E-state index in [0.29, 0.717) is 12.8 Å². The lowest BCUT2D eigenvalue weighted by Gasteiger charge is -2.26. The molecule has 4 heteroatoms. The lowest BCUT2D eigenvalue weighted by Crippen LogP contribution is -2.53. The van der Waals surface area contributed by atoms with Crippen molar-refractivity contribution >= 4 is 11.9 Å². The molecule has 0 aliphatic heterocycles. The number of carboxylic acid groups (broad SMARTS) is 1. The van der Waals surface area contributed by atoms with Gasteiger partial charge in [-0.15, -0.1) is 6.58 Å². The van der Waals surface area contributed by atoms with Crippen LogP contribution in [0.25, 0.3) is 0 Å². The van der Waals surface area contributed by atoms with Crippen LogP contribution in [0.3, 0.4) is 0 Å². The SMILES string of the molecule is C=CCCC(=O)N[C@](C)(C(=O)O)C1CC1. The first-order valence-corrected chi connectivity index (χ1v) is 5.16. The maximum Gasteiger partial charge on any atom is 0.329 e. The van der Waals surface area contributed by atoms with Crippen LogP contribution in [0.2, 0.25) is 0 Å². The van der Waals surface area contributed by atoms with Crippen molar-refractivity contribution < 1.29 is 14.7 Å². The zero-order chi connectivity index (χ0) is 11.5. The summed E-state index contributed by atoms with van der Waals surface area (Å²) >= 11 is 0. The van der Waals surface area contributed by atoms with Crippen molar-refractivity contribution in [2.24, 2.45) is 5.92 Å². The van der Waals surface area contributed by atoms with Crippen LogP contribution in [0.1, 0.15) is 32.6 Å². The van der Waals surface area contributed by atoms with Gasteiger partial charge in [0.2, 0.25) is 5.91 Å². The van der Waals surface area contributed by atoms with E-state index in [1.807, 2.05) is 0 Å². The van der Waals surface area contributed by atoms with Crippen LogP contribution in [-0.2, 0) is 9.59 Å². The van der Waals surface area contributed by atoms with Gasteiger partial charge in [-0.25, -0.2) is 4.79 Å². The van der Waals surface area contributed by atoms with E-state index in [1.165, 1.54) is 0 Å². The minimum atomic E-state index is -1.09. The number of nitrogens with one attached hydrogen (secondary N) is 1. The van der Waals surface area contributed by atoms with Crippen LogP contribution in [0, 0.1) is 5.92 Å². The third-order valence-corrected chi connectivity index (χ3v) is 2.81. The smallest absolute Gasteiger partial charge is 0.329 e. The quantitative estimate of drug-likeness (QED) is 0.651. The molecule has 1 atom stereocenters. The van der Waals surface area contributed by atoms with Gasteiger partial charge in [-0.1, -0.05) is 6.08 Å². The molecule has 1 aliphatic rings. The average Bonchev–Trinajstić information content (AvgIpc) is 2.97. The third-order valence-electron chi connectivity index (χ3n) is 2.81. The maximum atomic E-state index is 11.4. The van der Waals surface area contributed by atoms with Gasteiger partial charge >= 0.3 is 5.97 Å². The van der Waals surface area contributed by atoms with Crippen LogP contribution in [0.15, 0.2) is 12.7 Å². The van der Waals surface area contributed by atoms with Crippen LogP contribution in [0.4, 0.5) is 0 Å². The van der Waals surface area contributed by atoms with Gasteiger partial charge in [0, 0.05) is 6.42 Å². The fraction of sp³-hybridized carbons (Fsp3) is 0.636. The Morgan fingerprint density at radius 2 is 2.20 bits per heavy atom. The number of amides is 1. The van der Waals surface area contributed by atoms with E-state index in [0.717, 1.165) is 12.8 Å². The predicted molar refractivity (Wildman–Crippen MR) is 56.3 cm³/mol. The van der Waals surface area contributed by atoms with Crippen LogP contribution >= 0.6 is 0 Å². The van der Waals surface area contributed by atoms with Crippen LogP contribution in [0.5, 0.6) is 0 Å². The van der Waals surface area contributed by atoms with Gasteiger partial charge in [0.15, 0.2) is 0 Å². The van der Waals surface area contributed by atoms with Crippen molar-refractivity contribution in [2.75, 3.05) is 0 Å². The van der Waals surface area contributed by atoms with Crippen molar-refractivity contribution in [2.45, 2.75) is 38.1 Å². The van der Waals surface area contributed by atoms with Crippen molar-refractivity contribution in [1.29, 1.82) is 0 Å². The van der Waals surface area contributed by atoms with E-state index in [-0.39, 0.29) is 11.8 Å². The standard InChI is InChI=1S/C11H17NO3/c1-3-4-5-9(13)12-11(2,10(14)15)8-6-7-8/h3,8H,1,4-7H2,2H3,(H,12,13)(H,14,15)/t11-/m0/s1. The van der Waals surface area contributed by atoms with Crippen molar-refractivity contribution in [3.8, 4) is 0 Å². The summed E-state index contributed by atoms with van der Waals surface area (Å²) in [4.78, 5) is 22.5. The highest BCUT2D eigenvalue weighted by Gasteiger charge is 2.48. The summed E-state index contributed by atoms with van der Waals surface area (Å²) in [6, 6.07) is 0. The van der Waals surface area contributed by atoms with E-state index >= 15 is 0 Å². The normalized spacial score (nSPS) is 19.0. The second-order valence-corrected chi connectivity index (χ2v) is 4.16. The van der Waals surface area contributed by atoms with E-state index in [4.69, 9.17) is 5.11 Å². The highest BCUT2D eigenvalue weighted by Crippen LogP contribution is 2.39. The fourth-order valence-electron chi connectivity index (χ4n) is 1.58. The number of hydrogen-bond acceptors (Lipinski definition) is 2. The molecule has 0 bridgehead atoms. The second-order valence-electron chi connectivity index (χ2n) is 4.16. The largest absolute Gasteiger partial charge is 0.480 e. The van der Waals surface area contributed by atoms with E-state index in [2.05, 4.69) is 11.9 Å². The van der Waals surface area contributed by atoms with Gasteiger partial charge in [0.05, 0.1) is 0 Å². The Hall–Kier alpha value is -1.32. The van der Waals surface area contributed by atoms with Gasteiger partial charge in [0.1, 0.15) is 5.54 Å². The second kappa shape index (κ2) is 4.47. The molecule has 1 saturated carbocycles. The van der Waals surface area contributed by atoms with Gasteiger partial charge < -0.3 is 10.4 Å². The summed E-state index contributed by atoms with van der Waals surface area (Å²) in [6.07, 6.45) is 4.29. The summed E-state index contributed by atoms with van der Waals surface area (Å²) in [7, 11) is 0. The Balaban J connectivity index is 2.55. The molecule has 2 N–H and O–H groups in total. The summed E-state index contributed by atoms with van der Waals surface area (Å²) in [5, 5.41) is 11.7. The molecular formula is C11H17NO3. The van der Waals surface area contributed by atoms with Gasteiger partial charge in [-0.3, -0.25) is 4.79 Å². The fourth-order valence-corrected chi connectivity index (χ4v) is 1.58. The number of carbonyl (C=O) groups excluding carboxylic acids is 1. The summed E-state index contributed by atoms with van der Waals surface area (Å²) in [5.41, 5.74) is -1.09. The van der Waals surface area contributed by atoms with E-state index in [9.17, 15) is 9.59 Å². The molecule has 0 saturated heterocycles. The van der Waals surface area contributed by atoms with E-state index < -0.39 is 11.5 Å². The Morgan fingerprint density at radius 1 is 1.60 bits per heavy atom. The molecule has 1 amide bonds. The number of allylic oxidation sites excluding steroid dienone is 1. The number of hydrogen-bond donors (Lipinski definition) is 2. The van der Waals surface area contributed by atoms with Crippen molar-refractivity contribution in [1.82, 2.24) is 5.32 Å². The van der Waals surface area contributed by atoms with Crippen molar-refractivity contribution in [3.05, 3.63) is 12.7 Å². The summed E-state index contributed by atoms with van der Waals surface area (Å²) < 4.78 is 0. The zero-order valence-corrected chi connectivity index (χ0v) is 8.95. The number of carboxylic acids is 1. The molecule has 0 aromatic carbocycles. The first kappa shape index (κ1) is 11.8. The first-order chi connectivity index (χ1) is 7.00. The molecule has 0 aromatic heterocycles. The Morgan fingerprint density at radius 3 is 2.60 bits per heavy atom. The predicted octanol–water partition coefficient (Wildman–Crippen LogP) is 1.32. The maximum absolute atomic E-state index is 11.4. The molecular weight excluding hydrogens is 194 g/mol. The monoisotopic (exact) mass is 211 g/mol. The summed E-state index contributed by atoms with van der Waals surface area (Å²) in [6.45, 7) is 5.10. The molecule has 1 aliphatic carbocycles. The lowest BCUT2D eigenvalue weighted by atomic mass is 9.95. The molecule has 84 valence electrons. The minimum Gasteiger partial charge on any atom is -0.480 e. The molecule has 0 spiro atoms. The molecule has 0 aromatic rings. The van der Waals surface area contributed by atoms with Crippen LogP contribution < -0.4 is 5.32 Å². The summed E-state index contributed by atoms with van der Waals surface area (Å²) in [5.74, 6) is -1.08. The van der Waals surface area contributed by atoms with Gasteiger partial charge in [-0.2, -0.15) is 0 Å². The molecule has 1 rings (SSSR count). The van der Waals surface area contributed by atoms with E-state index in [1.54, 1.807) is 13.0 Å². The third kappa shape index (κ3) is 2.81. The Labute approximate surface area is 89.4 Å². The van der Waals surface area contributed by atoms with Crippen LogP contribution in [-0.4, -0.2) is 22.5 Å². The minimum absolute atomic E-state index is 0.0858. The Bertz CT molecular complexity index is 284. The van der Waals surface area contributed by atoms with Gasteiger partial charge in [-0.05, 0) is 32.1 Å².